The van der Waals surface area contributed by atoms with Gasteiger partial charge in [0.2, 0.25) is 0 Å². The number of amides is 2. The summed E-state index contributed by atoms with van der Waals surface area (Å²) in [5, 5.41) is 2.65. The van der Waals surface area contributed by atoms with Gasteiger partial charge in [-0.3, -0.25) is 4.90 Å². The molecule has 0 atom stereocenters. The number of halogens is 1. The van der Waals surface area contributed by atoms with Crippen molar-refractivity contribution < 1.29 is 13.9 Å². The number of hydrogen-bond acceptors (Lipinski definition) is 3. The monoisotopic (exact) mass is 357 g/mol. The van der Waals surface area contributed by atoms with E-state index in [1.807, 2.05) is 12.1 Å². The molecule has 0 saturated carbocycles. The number of benzene rings is 2. The third-order valence-electron chi connectivity index (χ3n) is 4.65. The van der Waals surface area contributed by atoms with Gasteiger partial charge < -0.3 is 15.0 Å². The first-order chi connectivity index (χ1) is 12.7. The van der Waals surface area contributed by atoms with Crippen molar-refractivity contribution in [3.05, 3.63) is 59.9 Å². The molecule has 26 heavy (non-hydrogen) atoms. The van der Waals surface area contributed by atoms with Crippen molar-refractivity contribution in [1.82, 2.24) is 9.80 Å². The summed E-state index contributed by atoms with van der Waals surface area (Å²) < 4.78 is 18.8. The Hall–Kier alpha value is -2.60. The molecule has 0 unspecified atom stereocenters. The minimum atomic E-state index is -0.418. The van der Waals surface area contributed by atoms with E-state index in [9.17, 15) is 9.18 Å². The van der Waals surface area contributed by atoms with Crippen LogP contribution in [0.25, 0.3) is 0 Å². The van der Waals surface area contributed by atoms with Crippen LogP contribution in [0.4, 0.5) is 14.9 Å². The molecule has 0 aliphatic carbocycles. The predicted octanol–water partition coefficient (Wildman–Crippen LogP) is 3.23. The average molecular weight is 357 g/mol. The van der Waals surface area contributed by atoms with Crippen LogP contribution in [0.2, 0.25) is 0 Å². The predicted molar refractivity (Wildman–Crippen MR) is 100 cm³/mol. The Bertz CT molecular complexity index is 728. The van der Waals surface area contributed by atoms with Gasteiger partial charge in [-0.15, -0.1) is 0 Å². The molecule has 1 N–H and O–H groups in total. The minimum absolute atomic E-state index is 0.222. The molecule has 1 fully saturated rings. The first-order valence-corrected chi connectivity index (χ1v) is 8.81. The number of carbonyl (C=O) groups is 1. The van der Waals surface area contributed by atoms with Crippen LogP contribution in [0.1, 0.15) is 5.56 Å². The Morgan fingerprint density at radius 2 is 1.77 bits per heavy atom. The molecule has 2 aromatic carbocycles. The second-order valence-electron chi connectivity index (χ2n) is 6.34. The summed E-state index contributed by atoms with van der Waals surface area (Å²) in [5.74, 6) is 0.446. The molecule has 2 aromatic rings. The number of methoxy groups -OCH3 is 1. The number of hydrogen-bond donors (Lipinski definition) is 1. The quantitative estimate of drug-likeness (QED) is 0.894. The topological polar surface area (TPSA) is 44.8 Å². The van der Waals surface area contributed by atoms with Crippen LogP contribution in [0.5, 0.6) is 5.75 Å². The Balaban J connectivity index is 1.43. The number of nitrogens with one attached hydrogen (secondary N) is 1. The number of anilines is 1. The summed E-state index contributed by atoms with van der Waals surface area (Å²) in [6.07, 6.45) is 0.964. The lowest BCUT2D eigenvalue weighted by molar-refractivity contribution is 0.148. The SMILES string of the molecule is COc1ccc(CCN2CCN(C(=O)Nc3ccccc3F)CC2)cc1. The number of urea groups is 1. The summed E-state index contributed by atoms with van der Waals surface area (Å²) in [5.41, 5.74) is 1.49. The Kier molecular flexibility index (Phi) is 6.07. The molecule has 1 aliphatic heterocycles. The van der Waals surface area contributed by atoms with Crippen LogP contribution in [0, 0.1) is 5.82 Å². The zero-order valence-electron chi connectivity index (χ0n) is 15.0. The van der Waals surface area contributed by atoms with Gasteiger partial charge in [0, 0.05) is 32.7 Å². The maximum atomic E-state index is 13.6. The van der Waals surface area contributed by atoms with E-state index in [2.05, 4.69) is 22.3 Å². The molecule has 1 heterocycles. The highest BCUT2D eigenvalue weighted by molar-refractivity contribution is 5.89. The fourth-order valence-electron chi connectivity index (χ4n) is 3.01. The Morgan fingerprint density at radius 1 is 1.08 bits per heavy atom. The summed E-state index contributed by atoms with van der Waals surface area (Å²) in [7, 11) is 1.66. The Morgan fingerprint density at radius 3 is 2.42 bits per heavy atom. The van der Waals surface area contributed by atoms with Crippen LogP contribution in [-0.4, -0.2) is 55.7 Å². The lowest BCUT2D eigenvalue weighted by Crippen LogP contribution is -2.50. The summed E-state index contributed by atoms with van der Waals surface area (Å²) in [4.78, 5) is 16.4. The number of piperazine rings is 1. The number of para-hydroxylation sites is 1. The lowest BCUT2D eigenvalue weighted by Gasteiger charge is -2.34. The van der Waals surface area contributed by atoms with Crippen molar-refractivity contribution >= 4 is 11.7 Å². The molecule has 5 nitrogen and oxygen atoms in total. The third-order valence-corrected chi connectivity index (χ3v) is 4.65. The van der Waals surface area contributed by atoms with Gasteiger partial charge in [0.1, 0.15) is 11.6 Å². The number of ether oxygens (including phenoxy) is 1. The van der Waals surface area contributed by atoms with E-state index in [-0.39, 0.29) is 11.7 Å². The second-order valence-corrected chi connectivity index (χ2v) is 6.34. The molecule has 0 bridgehead atoms. The number of rotatable bonds is 5. The zero-order valence-corrected chi connectivity index (χ0v) is 15.0. The first kappa shape index (κ1) is 18.2. The normalized spacial score (nSPS) is 14.9. The van der Waals surface area contributed by atoms with E-state index in [4.69, 9.17) is 4.74 Å². The molecule has 0 radical (unpaired) electrons. The van der Waals surface area contributed by atoms with Gasteiger partial charge in [0.25, 0.3) is 0 Å². The highest BCUT2D eigenvalue weighted by Gasteiger charge is 2.21. The van der Waals surface area contributed by atoms with Crippen LogP contribution in [0.3, 0.4) is 0 Å². The molecule has 2 amide bonds. The summed E-state index contributed by atoms with van der Waals surface area (Å²) in [6, 6.07) is 14.1. The Labute approximate surface area is 153 Å². The molecular formula is C20H24FN3O2. The highest BCUT2D eigenvalue weighted by Crippen LogP contribution is 2.15. The molecule has 0 spiro atoms. The molecule has 138 valence electrons. The molecule has 1 aliphatic rings. The van der Waals surface area contributed by atoms with Gasteiger partial charge in [0.15, 0.2) is 0 Å². The largest absolute Gasteiger partial charge is 0.497 e. The molecule has 3 rings (SSSR count). The maximum absolute atomic E-state index is 13.6. The molecule has 6 heteroatoms. The molecule has 1 saturated heterocycles. The third kappa shape index (κ3) is 4.73. The first-order valence-electron chi connectivity index (χ1n) is 8.81. The van der Waals surface area contributed by atoms with E-state index in [1.54, 1.807) is 30.2 Å². The molecular weight excluding hydrogens is 333 g/mol. The van der Waals surface area contributed by atoms with Crippen molar-refractivity contribution in [2.75, 3.05) is 45.2 Å². The van der Waals surface area contributed by atoms with Gasteiger partial charge in [-0.2, -0.15) is 0 Å². The summed E-state index contributed by atoms with van der Waals surface area (Å²) >= 11 is 0. The lowest BCUT2D eigenvalue weighted by atomic mass is 10.1. The average Bonchev–Trinajstić information content (AvgIpc) is 2.69. The zero-order chi connectivity index (χ0) is 18.4. The van der Waals surface area contributed by atoms with Crippen molar-refractivity contribution in [2.45, 2.75) is 6.42 Å². The van der Waals surface area contributed by atoms with Crippen molar-refractivity contribution in [1.29, 1.82) is 0 Å². The van der Waals surface area contributed by atoms with Gasteiger partial charge in [-0.25, -0.2) is 9.18 Å². The van der Waals surface area contributed by atoms with E-state index in [1.165, 1.54) is 11.6 Å². The van der Waals surface area contributed by atoms with Crippen LogP contribution >= 0.6 is 0 Å². The molecule has 0 aromatic heterocycles. The number of nitrogens with zero attached hydrogens (tertiary/aromatic N) is 2. The van der Waals surface area contributed by atoms with Gasteiger partial charge >= 0.3 is 6.03 Å². The summed E-state index contributed by atoms with van der Waals surface area (Å²) in [6.45, 7) is 3.88. The van der Waals surface area contributed by atoms with Crippen LogP contribution < -0.4 is 10.1 Å². The van der Waals surface area contributed by atoms with Crippen molar-refractivity contribution in [3.8, 4) is 5.75 Å². The van der Waals surface area contributed by atoms with Crippen LogP contribution in [0.15, 0.2) is 48.5 Å². The fraction of sp³-hybridized carbons (Fsp3) is 0.350. The number of carbonyl (C=O) groups excluding carboxylic acids is 1. The van der Waals surface area contributed by atoms with Crippen molar-refractivity contribution in [3.63, 3.8) is 0 Å². The van der Waals surface area contributed by atoms with Gasteiger partial charge in [0.05, 0.1) is 12.8 Å². The van der Waals surface area contributed by atoms with E-state index >= 15 is 0 Å². The van der Waals surface area contributed by atoms with Crippen LogP contribution in [-0.2, 0) is 6.42 Å². The van der Waals surface area contributed by atoms with Gasteiger partial charge in [-0.05, 0) is 36.2 Å². The standard InChI is InChI=1S/C20H24FN3O2/c1-26-17-8-6-16(7-9-17)10-11-23-12-14-24(15-13-23)20(25)22-19-5-3-2-4-18(19)21/h2-9H,10-15H2,1H3,(H,22,25). The van der Waals surface area contributed by atoms with E-state index in [0.717, 1.165) is 31.8 Å². The highest BCUT2D eigenvalue weighted by atomic mass is 19.1. The minimum Gasteiger partial charge on any atom is -0.497 e. The van der Waals surface area contributed by atoms with Crippen molar-refractivity contribution in [2.24, 2.45) is 0 Å². The fourth-order valence-corrected chi connectivity index (χ4v) is 3.01. The van der Waals surface area contributed by atoms with Gasteiger partial charge in [-0.1, -0.05) is 24.3 Å². The van der Waals surface area contributed by atoms with E-state index < -0.39 is 5.82 Å². The van der Waals surface area contributed by atoms with E-state index in [0.29, 0.717) is 13.1 Å². The smallest absolute Gasteiger partial charge is 0.322 e. The maximum Gasteiger partial charge on any atom is 0.322 e. The second kappa shape index (κ2) is 8.67.